The van der Waals surface area contributed by atoms with Gasteiger partial charge in [-0.3, -0.25) is 4.79 Å². The number of hydrogen-bond acceptors (Lipinski definition) is 5. The first kappa shape index (κ1) is 21.7. The molecular formula is C18H25ClN4O3. The summed E-state index contributed by atoms with van der Waals surface area (Å²) in [5.41, 5.74) is 8.29. The highest BCUT2D eigenvalue weighted by atomic mass is 35.5. The largest absolute Gasteiger partial charge is 0.462 e. The van der Waals surface area contributed by atoms with Crippen LogP contribution < -0.4 is 11.1 Å². The van der Waals surface area contributed by atoms with E-state index in [-0.39, 0.29) is 24.2 Å². The molecule has 3 N–H and O–H groups in total. The maximum absolute atomic E-state index is 12.1. The zero-order chi connectivity index (χ0) is 18.6. The maximum Gasteiger partial charge on any atom is 0.341 e. The van der Waals surface area contributed by atoms with Crippen LogP contribution in [0.15, 0.2) is 30.5 Å². The van der Waals surface area contributed by atoms with Crippen molar-refractivity contribution in [3.05, 3.63) is 41.7 Å². The number of nitrogens with one attached hydrogen (secondary N) is 1. The van der Waals surface area contributed by atoms with Gasteiger partial charge in [0.2, 0.25) is 5.91 Å². The van der Waals surface area contributed by atoms with Gasteiger partial charge in [0.1, 0.15) is 5.56 Å². The minimum Gasteiger partial charge on any atom is -0.462 e. The molecule has 2 rings (SSSR count). The lowest BCUT2D eigenvalue weighted by atomic mass is 10.0. The molecule has 0 saturated carbocycles. The second kappa shape index (κ2) is 9.35. The van der Waals surface area contributed by atoms with Crippen molar-refractivity contribution in [2.24, 2.45) is 11.7 Å². The van der Waals surface area contributed by atoms with E-state index < -0.39 is 12.0 Å². The Morgan fingerprint density at radius 2 is 2.04 bits per heavy atom. The monoisotopic (exact) mass is 380 g/mol. The van der Waals surface area contributed by atoms with Crippen LogP contribution in [0.1, 0.15) is 36.8 Å². The summed E-state index contributed by atoms with van der Waals surface area (Å²) in [6.07, 6.45) is 1.48. The molecule has 1 atom stereocenters. The number of ether oxygens (including phenoxy) is 1. The summed E-state index contributed by atoms with van der Waals surface area (Å²) >= 11 is 0. The van der Waals surface area contributed by atoms with Gasteiger partial charge in [0, 0.05) is 5.69 Å². The Kier molecular flexibility index (Phi) is 7.79. The third-order valence-corrected chi connectivity index (χ3v) is 3.88. The number of benzene rings is 1. The summed E-state index contributed by atoms with van der Waals surface area (Å²) in [6, 6.07) is 6.62. The van der Waals surface area contributed by atoms with Crippen LogP contribution in [0.3, 0.4) is 0 Å². The Balaban J connectivity index is 0.00000338. The molecule has 0 spiro atoms. The zero-order valence-electron chi connectivity index (χ0n) is 15.4. The average Bonchev–Trinajstić information content (AvgIpc) is 2.96. The minimum atomic E-state index is -0.578. The molecule has 7 nitrogen and oxygen atoms in total. The second-order valence-electron chi connectivity index (χ2n) is 6.09. The maximum atomic E-state index is 12.1. The van der Waals surface area contributed by atoms with Crippen LogP contribution in [0.5, 0.6) is 0 Å². The van der Waals surface area contributed by atoms with Gasteiger partial charge in [-0.05, 0) is 38.0 Å². The molecule has 0 aliphatic carbocycles. The van der Waals surface area contributed by atoms with Gasteiger partial charge in [0.05, 0.1) is 30.2 Å². The molecule has 0 saturated heterocycles. The van der Waals surface area contributed by atoms with E-state index in [4.69, 9.17) is 10.5 Å². The van der Waals surface area contributed by atoms with Crippen molar-refractivity contribution in [3.63, 3.8) is 0 Å². The van der Waals surface area contributed by atoms with Crippen LogP contribution in [0.25, 0.3) is 5.69 Å². The molecule has 0 radical (unpaired) electrons. The van der Waals surface area contributed by atoms with Gasteiger partial charge >= 0.3 is 5.97 Å². The summed E-state index contributed by atoms with van der Waals surface area (Å²) in [7, 11) is 0. The number of carbonyl (C=O) groups is 2. The Hall–Kier alpha value is -2.38. The van der Waals surface area contributed by atoms with Crippen LogP contribution in [-0.4, -0.2) is 34.3 Å². The third kappa shape index (κ3) is 4.83. The molecule has 1 aromatic carbocycles. The predicted octanol–water partition coefficient (Wildman–Crippen LogP) is 2.70. The number of nitrogens with two attached hydrogens (primary N) is 1. The van der Waals surface area contributed by atoms with Crippen LogP contribution in [0.2, 0.25) is 0 Å². The summed E-state index contributed by atoms with van der Waals surface area (Å²) < 4.78 is 6.65. The number of nitrogens with zero attached hydrogens (tertiary/aromatic N) is 2. The molecule has 0 fully saturated rings. The molecule has 1 heterocycles. The SMILES string of the molecule is CCOC(=O)c1cnn(-c2cccc(NC(=O)C(N)C(C)C)c2)c1C.Cl. The number of amides is 1. The van der Waals surface area contributed by atoms with Gasteiger partial charge in [0.25, 0.3) is 0 Å². The van der Waals surface area contributed by atoms with E-state index in [2.05, 4.69) is 10.4 Å². The fraction of sp³-hybridized carbons (Fsp3) is 0.389. The molecule has 0 bridgehead atoms. The lowest BCUT2D eigenvalue weighted by Crippen LogP contribution is -2.39. The van der Waals surface area contributed by atoms with Gasteiger partial charge < -0.3 is 15.8 Å². The highest BCUT2D eigenvalue weighted by Crippen LogP contribution is 2.19. The number of anilines is 1. The van der Waals surface area contributed by atoms with Gasteiger partial charge in [-0.2, -0.15) is 5.10 Å². The van der Waals surface area contributed by atoms with Crippen LogP contribution >= 0.6 is 12.4 Å². The van der Waals surface area contributed by atoms with E-state index in [0.717, 1.165) is 5.69 Å². The van der Waals surface area contributed by atoms with Crippen molar-refractivity contribution in [2.45, 2.75) is 33.7 Å². The topological polar surface area (TPSA) is 99.2 Å². The zero-order valence-corrected chi connectivity index (χ0v) is 16.2. The van der Waals surface area contributed by atoms with E-state index in [1.54, 1.807) is 36.7 Å². The van der Waals surface area contributed by atoms with E-state index in [1.165, 1.54) is 6.20 Å². The molecule has 8 heteroatoms. The van der Waals surface area contributed by atoms with Crippen molar-refractivity contribution in [1.29, 1.82) is 0 Å². The summed E-state index contributed by atoms with van der Waals surface area (Å²) in [5, 5.41) is 7.06. The van der Waals surface area contributed by atoms with Crippen molar-refractivity contribution in [2.75, 3.05) is 11.9 Å². The standard InChI is InChI=1S/C18H24N4O3.ClH/c1-5-25-18(24)15-10-20-22(12(15)4)14-8-6-7-13(9-14)21-17(23)16(19)11(2)3;/h6-11,16H,5,19H2,1-4H3,(H,21,23);1H. The number of esters is 1. The summed E-state index contributed by atoms with van der Waals surface area (Å²) in [6.45, 7) is 7.64. The molecule has 142 valence electrons. The lowest BCUT2D eigenvalue weighted by Gasteiger charge is -2.16. The van der Waals surface area contributed by atoms with Crippen molar-refractivity contribution < 1.29 is 14.3 Å². The molecule has 2 aromatic rings. The first-order valence-electron chi connectivity index (χ1n) is 8.23. The van der Waals surface area contributed by atoms with E-state index >= 15 is 0 Å². The summed E-state index contributed by atoms with van der Waals surface area (Å²) in [5.74, 6) is -0.598. The van der Waals surface area contributed by atoms with Gasteiger partial charge in [-0.15, -0.1) is 12.4 Å². The molecule has 0 aliphatic rings. The molecule has 26 heavy (non-hydrogen) atoms. The first-order chi connectivity index (χ1) is 11.8. The Morgan fingerprint density at radius 3 is 2.65 bits per heavy atom. The average molecular weight is 381 g/mol. The number of carbonyl (C=O) groups excluding carboxylic acids is 2. The quantitative estimate of drug-likeness (QED) is 0.750. The van der Waals surface area contributed by atoms with Crippen LogP contribution in [0, 0.1) is 12.8 Å². The fourth-order valence-electron chi connectivity index (χ4n) is 2.32. The highest BCUT2D eigenvalue weighted by molar-refractivity contribution is 5.95. The number of halogens is 1. The van der Waals surface area contributed by atoms with E-state index in [0.29, 0.717) is 23.6 Å². The molecule has 0 aliphatic heterocycles. The van der Waals surface area contributed by atoms with Gasteiger partial charge in [-0.25, -0.2) is 9.48 Å². The van der Waals surface area contributed by atoms with Gasteiger partial charge in [-0.1, -0.05) is 19.9 Å². The van der Waals surface area contributed by atoms with Crippen LogP contribution in [0.4, 0.5) is 5.69 Å². The van der Waals surface area contributed by atoms with Crippen molar-refractivity contribution in [3.8, 4) is 5.69 Å². The molecule has 1 amide bonds. The smallest absolute Gasteiger partial charge is 0.341 e. The first-order valence-corrected chi connectivity index (χ1v) is 8.23. The Bertz CT molecular complexity index is 774. The normalized spacial score (nSPS) is 11.6. The van der Waals surface area contributed by atoms with Crippen LogP contribution in [-0.2, 0) is 9.53 Å². The van der Waals surface area contributed by atoms with Crippen molar-refractivity contribution >= 4 is 30.0 Å². The van der Waals surface area contributed by atoms with Crippen molar-refractivity contribution in [1.82, 2.24) is 9.78 Å². The Morgan fingerprint density at radius 1 is 1.35 bits per heavy atom. The molecular weight excluding hydrogens is 356 g/mol. The second-order valence-corrected chi connectivity index (χ2v) is 6.09. The number of hydrogen-bond donors (Lipinski definition) is 2. The fourth-order valence-corrected chi connectivity index (χ4v) is 2.32. The molecule has 1 unspecified atom stereocenters. The molecule has 1 aromatic heterocycles. The highest BCUT2D eigenvalue weighted by Gasteiger charge is 2.18. The number of rotatable bonds is 6. The third-order valence-electron chi connectivity index (χ3n) is 3.88. The van der Waals surface area contributed by atoms with E-state index in [9.17, 15) is 9.59 Å². The Labute approximate surface area is 159 Å². The minimum absolute atomic E-state index is 0. The predicted molar refractivity (Wildman–Crippen MR) is 103 cm³/mol. The number of aromatic nitrogens is 2. The summed E-state index contributed by atoms with van der Waals surface area (Å²) in [4.78, 5) is 24.0. The van der Waals surface area contributed by atoms with E-state index in [1.807, 2.05) is 19.9 Å². The van der Waals surface area contributed by atoms with Gasteiger partial charge in [0.15, 0.2) is 0 Å². The lowest BCUT2D eigenvalue weighted by molar-refractivity contribution is -0.118.